The van der Waals surface area contributed by atoms with Crippen LogP contribution in [0.5, 0.6) is 0 Å². The summed E-state index contributed by atoms with van der Waals surface area (Å²) in [5.41, 5.74) is 6.36. The van der Waals surface area contributed by atoms with Crippen molar-refractivity contribution in [1.82, 2.24) is 14.7 Å². The van der Waals surface area contributed by atoms with Gasteiger partial charge in [-0.15, -0.1) is 0 Å². The first-order valence-electron chi connectivity index (χ1n) is 8.27. The largest absolute Gasteiger partial charge is 0.382 e. The summed E-state index contributed by atoms with van der Waals surface area (Å²) < 4.78 is 1.96. The van der Waals surface area contributed by atoms with Gasteiger partial charge in [0.05, 0.1) is 0 Å². The SMILES string of the molecule is Nc1ccn(CCCN2CCC3(CCCCC3)CC2)n1. The molecular formula is C16H28N4. The molecule has 1 aromatic rings. The molecule has 2 heterocycles. The Bertz CT molecular complexity index is 410. The van der Waals surface area contributed by atoms with Crippen LogP contribution in [0.3, 0.4) is 0 Å². The lowest BCUT2D eigenvalue weighted by molar-refractivity contribution is 0.0666. The molecule has 0 radical (unpaired) electrons. The van der Waals surface area contributed by atoms with Crippen LogP contribution in [-0.4, -0.2) is 34.3 Å². The molecule has 2 N–H and O–H groups in total. The molecule has 1 aliphatic heterocycles. The number of hydrogen-bond donors (Lipinski definition) is 1. The van der Waals surface area contributed by atoms with Crippen LogP contribution in [0.4, 0.5) is 5.82 Å². The topological polar surface area (TPSA) is 47.1 Å². The molecule has 2 aliphatic rings. The number of nitrogen functional groups attached to an aromatic ring is 1. The normalized spacial score (nSPS) is 23.2. The highest BCUT2D eigenvalue weighted by molar-refractivity contribution is 5.23. The van der Waals surface area contributed by atoms with Gasteiger partial charge >= 0.3 is 0 Å². The Morgan fingerprint density at radius 3 is 2.45 bits per heavy atom. The molecule has 4 heteroatoms. The monoisotopic (exact) mass is 276 g/mol. The minimum atomic E-state index is 0.627. The Hall–Kier alpha value is -1.03. The third-order valence-electron chi connectivity index (χ3n) is 5.35. The second-order valence-corrected chi connectivity index (χ2v) is 6.76. The van der Waals surface area contributed by atoms with Crippen molar-refractivity contribution in [2.75, 3.05) is 25.4 Å². The average Bonchev–Trinajstić information content (AvgIpc) is 2.88. The van der Waals surface area contributed by atoms with Crippen molar-refractivity contribution in [3.05, 3.63) is 12.3 Å². The third-order valence-corrected chi connectivity index (χ3v) is 5.35. The average molecular weight is 276 g/mol. The highest BCUT2D eigenvalue weighted by Gasteiger charge is 2.35. The van der Waals surface area contributed by atoms with E-state index in [0.29, 0.717) is 5.82 Å². The Balaban J connectivity index is 1.38. The van der Waals surface area contributed by atoms with Gasteiger partial charge in [0.2, 0.25) is 0 Å². The van der Waals surface area contributed by atoms with Gasteiger partial charge in [-0.2, -0.15) is 5.10 Å². The van der Waals surface area contributed by atoms with Crippen molar-refractivity contribution in [1.29, 1.82) is 0 Å². The third kappa shape index (κ3) is 3.35. The quantitative estimate of drug-likeness (QED) is 0.920. The number of nitrogens with two attached hydrogens (primary N) is 1. The van der Waals surface area contributed by atoms with E-state index in [2.05, 4.69) is 10.00 Å². The minimum Gasteiger partial charge on any atom is -0.382 e. The smallest absolute Gasteiger partial charge is 0.145 e. The van der Waals surface area contributed by atoms with E-state index in [1.54, 1.807) is 0 Å². The molecule has 3 rings (SSSR count). The first kappa shape index (κ1) is 13.9. The van der Waals surface area contributed by atoms with Crippen molar-refractivity contribution < 1.29 is 0 Å². The van der Waals surface area contributed by atoms with Crippen LogP contribution in [0.15, 0.2) is 12.3 Å². The van der Waals surface area contributed by atoms with Crippen molar-refractivity contribution in [2.24, 2.45) is 5.41 Å². The molecular weight excluding hydrogens is 248 g/mol. The molecule has 0 amide bonds. The van der Waals surface area contributed by atoms with Crippen LogP contribution in [0.1, 0.15) is 51.4 Å². The summed E-state index contributed by atoms with van der Waals surface area (Å²) in [5, 5.41) is 4.24. The van der Waals surface area contributed by atoms with Crippen molar-refractivity contribution >= 4 is 5.82 Å². The van der Waals surface area contributed by atoms with Gasteiger partial charge < -0.3 is 10.6 Å². The first-order valence-corrected chi connectivity index (χ1v) is 8.27. The molecule has 0 atom stereocenters. The maximum Gasteiger partial charge on any atom is 0.145 e. The molecule has 2 fully saturated rings. The van der Waals surface area contributed by atoms with Gasteiger partial charge in [0.15, 0.2) is 0 Å². The van der Waals surface area contributed by atoms with Crippen LogP contribution >= 0.6 is 0 Å². The standard InChI is InChI=1S/C16H28N4/c17-15-5-12-20(18-15)11-4-10-19-13-8-16(9-14-19)6-2-1-3-7-16/h5,12H,1-4,6-11,13-14H2,(H2,17,18). The second kappa shape index (κ2) is 6.17. The molecule has 20 heavy (non-hydrogen) atoms. The van der Waals surface area contributed by atoms with E-state index in [9.17, 15) is 0 Å². The molecule has 0 aromatic carbocycles. The summed E-state index contributed by atoms with van der Waals surface area (Å²) in [6.45, 7) is 4.80. The van der Waals surface area contributed by atoms with Gasteiger partial charge in [-0.3, -0.25) is 4.68 Å². The molecule has 1 saturated heterocycles. The molecule has 1 aliphatic carbocycles. The fourth-order valence-corrected chi connectivity index (χ4v) is 4.01. The van der Waals surface area contributed by atoms with Crippen molar-refractivity contribution in [3.8, 4) is 0 Å². The van der Waals surface area contributed by atoms with Crippen LogP contribution < -0.4 is 5.73 Å². The van der Waals surface area contributed by atoms with Gasteiger partial charge in [0.25, 0.3) is 0 Å². The van der Waals surface area contributed by atoms with E-state index in [1.807, 2.05) is 16.9 Å². The number of aromatic nitrogens is 2. The lowest BCUT2D eigenvalue weighted by Crippen LogP contribution is -2.41. The van der Waals surface area contributed by atoms with E-state index in [0.717, 1.165) is 12.0 Å². The Labute approximate surface area is 122 Å². The summed E-state index contributed by atoms with van der Waals surface area (Å²) in [5.74, 6) is 0.627. The van der Waals surface area contributed by atoms with E-state index in [4.69, 9.17) is 5.73 Å². The summed E-state index contributed by atoms with van der Waals surface area (Å²) in [4.78, 5) is 2.65. The Kier molecular flexibility index (Phi) is 4.29. The van der Waals surface area contributed by atoms with Gasteiger partial charge in [0, 0.05) is 12.7 Å². The molecule has 112 valence electrons. The lowest BCUT2D eigenvalue weighted by Gasteiger charge is -2.44. The number of piperidine rings is 1. The highest BCUT2D eigenvalue weighted by Crippen LogP contribution is 2.44. The summed E-state index contributed by atoms with van der Waals surface area (Å²) in [6, 6.07) is 1.87. The van der Waals surface area contributed by atoms with Gasteiger partial charge in [-0.25, -0.2) is 0 Å². The van der Waals surface area contributed by atoms with Gasteiger partial charge in [-0.05, 0) is 63.2 Å². The molecule has 4 nitrogen and oxygen atoms in total. The van der Waals surface area contributed by atoms with E-state index < -0.39 is 0 Å². The summed E-state index contributed by atoms with van der Waals surface area (Å²) in [6.07, 6.45) is 13.4. The zero-order valence-electron chi connectivity index (χ0n) is 12.6. The fraction of sp³-hybridized carbons (Fsp3) is 0.812. The van der Waals surface area contributed by atoms with E-state index in [-0.39, 0.29) is 0 Å². The first-order chi connectivity index (χ1) is 9.76. The maximum absolute atomic E-state index is 5.63. The molecule has 0 bridgehead atoms. The van der Waals surface area contributed by atoms with E-state index in [1.165, 1.54) is 71.0 Å². The highest BCUT2D eigenvalue weighted by atomic mass is 15.3. The number of anilines is 1. The molecule has 1 aromatic heterocycles. The zero-order chi connectivity index (χ0) is 13.8. The molecule has 0 unspecified atom stereocenters. The zero-order valence-corrected chi connectivity index (χ0v) is 12.6. The van der Waals surface area contributed by atoms with Crippen molar-refractivity contribution in [2.45, 2.75) is 57.9 Å². The minimum absolute atomic E-state index is 0.627. The van der Waals surface area contributed by atoms with Gasteiger partial charge in [0.1, 0.15) is 5.82 Å². The Morgan fingerprint density at radius 1 is 1.05 bits per heavy atom. The number of rotatable bonds is 4. The maximum atomic E-state index is 5.63. The van der Waals surface area contributed by atoms with Crippen molar-refractivity contribution in [3.63, 3.8) is 0 Å². The molecule has 1 spiro atoms. The Morgan fingerprint density at radius 2 is 1.80 bits per heavy atom. The van der Waals surface area contributed by atoms with Gasteiger partial charge in [-0.1, -0.05) is 19.3 Å². The summed E-state index contributed by atoms with van der Waals surface area (Å²) >= 11 is 0. The van der Waals surface area contributed by atoms with E-state index >= 15 is 0 Å². The lowest BCUT2D eigenvalue weighted by atomic mass is 9.68. The predicted octanol–water partition coefficient (Wildman–Crippen LogP) is 2.90. The predicted molar refractivity (Wildman–Crippen MR) is 82.4 cm³/mol. The van der Waals surface area contributed by atoms with Crippen LogP contribution in [0.25, 0.3) is 0 Å². The van der Waals surface area contributed by atoms with Crippen LogP contribution in [0, 0.1) is 5.41 Å². The molecule has 1 saturated carbocycles. The van der Waals surface area contributed by atoms with Crippen LogP contribution in [0.2, 0.25) is 0 Å². The number of hydrogen-bond acceptors (Lipinski definition) is 3. The van der Waals surface area contributed by atoms with Crippen LogP contribution in [-0.2, 0) is 6.54 Å². The fourth-order valence-electron chi connectivity index (χ4n) is 4.01. The summed E-state index contributed by atoms with van der Waals surface area (Å²) in [7, 11) is 0. The number of likely N-dealkylation sites (tertiary alicyclic amines) is 1. The second-order valence-electron chi connectivity index (χ2n) is 6.76. The number of nitrogens with zero attached hydrogens (tertiary/aromatic N) is 3. The number of aryl methyl sites for hydroxylation is 1.